The Bertz CT molecular complexity index is 1470. The first kappa shape index (κ1) is 22.5. The van der Waals surface area contributed by atoms with E-state index in [1.54, 1.807) is 37.3 Å². The molecular formula is C24H23NO7S2. The normalized spacial score (nSPS) is 17.4. The van der Waals surface area contributed by atoms with Gasteiger partial charge in [-0.25, -0.2) is 16.8 Å². The minimum absolute atomic E-state index is 0.0884. The van der Waals surface area contributed by atoms with Crippen LogP contribution in [0.5, 0.6) is 17.2 Å². The van der Waals surface area contributed by atoms with Crippen LogP contribution in [0, 0.1) is 0 Å². The van der Waals surface area contributed by atoms with E-state index in [1.165, 1.54) is 41.7 Å². The van der Waals surface area contributed by atoms with Crippen molar-refractivity contribution in [1.82, 2.24) is 0 Å². The van der Waals surface area contributed by atoms with Gasteiger partial charge in [0.1, 0.15) is 19.0 Å². The summed E-state index contributed by atoms with van der Waals surface area (Å²) >= 11 is 0. The van der Waals surface area contributed by atoms with Gasteiger partial charge in [-0.2, -0.15) is 0 Å². The highest BCUT2D eigenvalue weighted by molar-refractivity contribution is 7.93. The van der Waals surface area contributed by atoms with Crippen LogP contribution < -0.4 is 18.5 Å². The fraction of sp³-hybridized carbons (Fsp3) is 0.250. The maximum atomic E-state index is 13.4. The fourth-order valence-electron chi connectivity index (χ4n) is 4.30. The minimum Gasteiger partial charge on any atom is -0.497 e. The topological polar surface area (TPSA) is 99.2 Å². The molecule has 2 aliphatic heterocycles. The Labute approximate surface area is 198 Å². The average molecular weight is 502 g/mol. The summed E-state index contributed by atoms with van der Waals surface area (Å²) in [5.74, 6) is 1.45. The van der Waals surface area contributed by atoms with E-state index in [9.17, 15) is 16.8 Å². The van der Waals surface area contributed by atoms with Crippen molar-refractivity contribution in [3.05, 3.63) is 66.2 Å². The second-order valence-electron chi connectivity index (χ2n) is 8.13. The van der Waals surface area contributed by atoms with E-state index in [1.807, 2.05) is 0 Å². The van der Waals surface area contributed by atoms with Crippen molar-refractivity contribution in [2.75, 3.05) is 24.6 Å². The zero-order chi connectivity index (χ0) is 24.1. The maximum Gasteiger partial charge on any atom is 0.264 e. The van der Waals surface area contributed by atoms with Crippen LogP contribution in [-0.4, -0.2) is 43.2 Å². The number of benzene rings is 3. The molecule has 0 spiro atoms. The van der Waals surface area contributed by atoms with E-state index in [2.05, 4.69) is 0 Å². The van der Waals surface area contributed by atoms with E-state index < -0.39 is 19.9 Å². The van der Waals surface area contributed by atoms with Gasteiger partial charge < -0.3 is 14.2 Å². The molecule has 0 bridgehead atoms. The van der Waals surface area contributed by atoms with Gasteiger partial charge in [0.15, 0.2) is 11.5 Å². The van der Waals surface area contributed by atoms with Gasteiger partial charge >= 0.3 is 0 Å². The van der Waals surface area contributed by atoms with Crippen molar-refractivity contribution in [3.8, 4) is 17.2 Å². The summed E-state index contributed by atoms with van der Waals surface area (Å²) in [6.45, 7) is 2.57. The summed E-state index contributed by atoms with van der Waals surface area (Å²) < 4.78 is 70.9. The first-order valence-electron chi connectivity index (χ1n) is 10.7. The lowest BCUT2D eigenvalue weighted by Gasteiger charge is -2.24. The Hall–Kier alpha value is -3.24. The van der Waals surface area contributed by atoms with Gasteiger partial charge in [-0.1, -0.05) is 0 Å². The molecule has 0 saturated carbocycles. The van der Waals surface area contributed by atoms with Crippen LogP contribution in [0.2, 0.25) is 0 Å². The Morgan fingerprint density at radius 2 is 1.44 bits per heavy atom. The van der Waals surface area contributed by atoms with Gasteiger partial charge in [0.25, 0.3) is 10.0 Å². The molecule has 0 fully saturated rings. The molecule has 34 heavy (non-hydrogen) atoms. The van der Waals surface area contributed by atoms with Crippen molar-refractivity contribution in [2.45, 2.75) is 34.1 Å². The molecule has 0 amide bonds. The zero-order valence-electron chi connectivity index (χ0n) is 18.6. The van der Waals surface area contributed by atoms with Crippen LogP contribution in [0.3, 0.4) is 0 Å². The number of anilines is 1. The van der Waals surface area contributed by atoms with Crippen LogP contribution in [0.4, 0.5) is 5.69 Å². The van der Waals surface area contributed by atoms with E-state index in [4.69, 9.17) is 14.2 Å². The van der Waals surface area contributed by atoms with E-state index in [0.29, 0.717) is 48.1 Å². The van der Waals surface area contributed by atoms with Gasteiger partial charge in [-0.3, -0.25) is 4.31 Å². The number of hydrogen-bond donors (Lipinski definition) is 0. The summed E-state index contributed by atoms with van der Waals surface area (Å²) in [7, 11) is -6.17. The number of sulfonamides is 1. The Balaban J connectivity index is 1.50. The lowest BCUT2D eigenvalue weighted by molar-refractivity contribution is 0.171. The fourth-order valence-corrected chi connectivity index (χ4v) is 7.32. The molecule has 0 aliphatic carbocycles. The largest absolute Gasteiger partial charge is 0.497 e. The minimum atomic E-state index is -3.84. The van der Waals surface area contributed by atoms with Crippen molar-refractivity contribution in [2.24, 2.45) is 0 Å². The lowest BCUT2D eigenvalue weighted by atomic mass is 10.1. The maximum absolute atomic E-state index is 13.4. The van der Waals surface area contributed by atoms with E-state index in [0.717, 1.165) is 0 Å². The third kappa shape index (κ3) is 3.67. The highest BCUT2D eigenvalue weighted by Crippen LogP contribution is 2.40. The number of nitrogens with zero attached hydrogens (tertiary/aromatic N) is 1. The standard InChI is InChI=1S/C24H23NO7S2/c1-16-13-17-14-20(33(26,27)21-8-10-23-24(15-21)32-12-11-31-23)7-9-22(17)25(16)34(28,29)19-5-3-18(30-2)4-6-19/h3-10,14-16H,11-13H2,1-2H3. The second kappa shape index (κ2) is 8.21. The van der Waals surface area contributed by atoms with E-state index in [-0.39, 0.29) is 20.7 Å². The van der Waals surface area contributed by atoms with Gasteiger partial charge in [0, 0.05) is 12.1 Å². The number of rotatable bonds is 5. The molecule has 1 unspecified atom stereocenters. The van der Waals surface area contributed by atoms with Crippen LogP contribution in [-0.2, 0) is 26.3 Å². The molecule has 5 rings (SSSR count). The van der Waals surface area contributed by atoms with Crippen LogP contribution in [0.1, 0.15) is 12.5 Å². The smallest absolute Gasteiger partial charge is 0.264 e. The molecule has 2 heterocycles. The van der Waals surface area contributed by atoms with Crippen molar-refractivity contribution in [3.63, 3.8) is 0 Å². The molecule has 2 aliphatic rings. The number of ether oxygens (including phenoxy) is 3. The summed E-state index contributed by atoms with van der Waals surface area (Å²) in [6, 6.07) is 14.9. The quantitative estimate of drug-likeness (QED) is 0.528. The molecule has 0 N–H and O–H groups in total. The molecular weight excluding hydrogens is 478 g/mol. The van der Waals surface area contributed by atoms with Crippen molar-refractivity contribution in [1.29, 1.82) is 0 Å². The van der Waals surface area contributed by atoms with Crippen LogP contribution in [0.15, 0.2) is 75.4 Å². The van der Waals surface area contributed by atoms with Crippen molar-refractivity contribution >= 4 is 25.5 Å². The molecule has 0 saturated heterocycles. The van der Waals surface area contributed by atoms with Crippen molar-refractivity contribution < 1.29 is 31.0 Å². The molecule has 0 aromatic heterocycles. The molecule has 0 radical (unpaired) electrons. The number of sulfone groups is 1. The average Bonchev–Trinajstić information content (AvgIpc) is 3.19. The second-order valence-corrected chi connectivity index (χ2v) is 11.9. The number of methoxy groups -OCH3 is 1. The third-order valence-electron chi connectivity index (χ3n) is 5.95. The predicted molar refractivity (Wildman–Crippen MR) is 125 cm³/mol. The molecule has 10 heteroatoms. The molecule has 3 aromatic carbocycles. The van der Waals surface area contributed by atoms with Crippen LogP contribution in [0.25, 0.3) is 0 Å². The summed E-state index contributed by atoms with van der Waals surface area (Å²) in [5.41, 5.74) is 1.13. The summed E-state index contributed by atoms with van der Waals surface area (Å²) in [5, 5.41) is 0. The third-order valence-corrected chi connectivity index (χ3v) is 9.65. The first-order valence-corrected chi connectivity index (χ1v) is 13.6. The Kier molecular flexibility index (Phi) is 5.44. The highest BCUT2D eigenvalue weighted by atomic mass is 32.2. The summed E-state index contributed by atoms with van der Waals surface area (Å²) in [6.07, 6.45) is 0.398. The van der Waals surface area contributed by atoms with Crippen LogP contribution >= 0.6 is 0 Å². The summed E-state index contributed by atoms with van der Waals surface area (Å²) in [4.78, 5) is 0.324. The zero-order valence-corrected chi connectivity index (χ0v) is 20.2. The molecule has 1 atom stereocenters. The Morgan fingerprint density at radius 3 is 2.15 bits per heavy atom. The lowest BCUT2D eigenvalue weighted by Crippen LogP contribution is -2.35. The highest BCUT2D eigenvalue weighted by Gasteiger charge is 2.37. The molecule has 8 nitrogen and oxygen atoms in total. The first-order chi connectivity index (χ1) is 16.2. The molecule has 3 aromatic rings. The van der Waals surface area contributed by atoms with E-state index >= 15 is 0 Å². The van der Waals surface area contributed by atoms with Gasteiger partial charge in [-0.15, -0.1) is 0 Å². The monoisotopic (exact) mass is 501 g/mol. The predicted octanol–water partition coefficient (Wildman–Crippen LogP) is 3.44. The number of hydrogen-bond acceptors (Lipinski definition) is 7. The van der Waals surface area contributed by atoms with Gasteiger partial charge in [-0.05, 0) is 73.5 Å². The molecule has 178 valence electrons. The SMILES string of the molecule is COc1ccc(S(=O)(=O)N2c3ccc(S(=O)(=O)c4ccc5c(c4)OCCO5)cc3CC2C)cc1. The van der Waals surface area contributed by atoms with Gasteiger partial charge in [0.2, 0.25) is 9.84 Å². The van der Waals surface area contributed by atoms with Gasteiger partial charge in [0.05, 0.1) is 27.5 Å². The number of fused-ring (bicyclic) bond motifs is 2. The Morgan fingerprint density at radius 1 is 0.824 bits per heavy atom.